The van der Waals surface area contributed by atoms with Gasteiger partial charge in [-0.15, -0.1) is 0 Å². The average Bonchev–Trinajstić information content (AvgIpc) is 2.86. The third-order valence-corrected chi connectivity index (χ3v) is 4.23. The van der Waals surface area contributed by atoms with E-state index in [0.717, 1.165) is 18.6 Å². The molecule has 0 bridgehead atoms. The Morgan fingerprint density at radius 1 is 1.45 bits per heavy atom. The number of rotatable bonds is 5. The molecular weight excluding hydrogens is 254 g/mol. The van der Waals surface area contributed by atoms with E-state index >= 15 is 0 Å². The Bertz CT molecular complexity index is 450. The molecule has 5 heteroatoms. The van der Waals surface area contributed by atoms with Gasteiger partial charge in [0.1, 0.15) is 11.8 Å². The molecule has 1 aromatic rings. The summed E-state index contributed by atoms with van der Waals surface area (Å²) in [6, 6.07) is -0.186. The van der Waals surface area contributed by atoms with E-state index in [2.05, 4.69) is 15.6 Å². The van der Waals surface area contributed by atoms with Crippen molar-refractivity contribution < 1.29 is 9.21 Å². The summed E-state index contributed by atoms with van der Waals surface area (Å²) < 4.78 is 5.45. The monoisotopic (exact) mass is 279 g/mol. The molecule has 1 atom stereocenters. The Morgan fingerprint density at radius 3 is 2.70 bits per heavy atom. The normalized spacial score (nSPS) is 19.6. The fourth-order valence-corrected chi connectivity index (χ4v) is 2.98. The maximum absolute atomic E-state index is 12.2. The molecule has 0 aromatic carbocycles. The number of carbonyl (C=O) groups is 1. The van der Waals surface area contributed by atoms with E-state index in [1.807, 2.05) is 20.9 Å². The van der Waals surface area contributed by atoms with Crippen LogP contribution in [0.3, 0.4) is 0 Å². The summed E-state index contributed by atoms with van der Waals surface area (Å²) in [7, 11) is 1.96. The second-order valence-corrected chi connectivity index (χ2v) is 5.87. The van der Waals surface area contributed by atoms with E-state index in [1.54, 1.807) is 6.20 Å². The fraction of sp³-hybridized carbons (Fsp3) is 0.733. The number of aryl methyl sites for hydroxylation is 1. The number of amides is 1. The van der Waals surface area contributed by atoms with Gasteiger partial charge in [0.05, 0.1) is 6.20 Å². The van der Waals surface area contributed by atoms with Gasteiger partial charge in [-0.1, -0.05) is 19.3 Å². The van der Waals surface area contributed by atoms with Crippen LogP contribution in [-0.2, 0) is 4.79 Å². The number of hydrogen-bond acceptors (Lipinski definition) is 4. The summed E-state index contributed by atoms with van der Waals surface area (Å²) in [5, 5.41) is 6.35. The first-order valence-corrected chi connectivity index (χ1v) is 7.45. The summed E-state index contributed by atoms with van der Waals surface area (Å²) in [5.41, 5.74) is -0.0332. The predicted molar refractivity (Wildman–Crippen MR) is 77.3 cm³/mol. The molecule has 0 aliphatic heterocycles. The van der Waals surface area contributed by atoms with Crippen LogP contribution in [-0.4, -0.2) is 23.5 Å². The molecule has 1 aromatic heterocycles. The van der Waals surface area contributed by atoms with Crippen LogP contribution in [0.5, 0.6) is 0 Å². The van der Waals surface area contributed by atoms with E-state index in [4.69, 9.17) is 4.42 Å². The standard InChI is InChI=1S/C15H25N3O2/c1-11-10-17-14(20-11)12(2)18-13(19)9-15(16-3)7-5-4-6-8-15/h10,12,16H,4-9H2,1-3H3,(H,18,19). The van der Waals surface area contributed by atoms with Crippen molar-refractivity contribution >= 4 is 5.91 Å². The summed E-state index contributed by atoms with van der Waals surface area (Å²) in [4.78, 5) is 16.4. The topological polar surface area (TPSA) is 67.2 Å². The van der Waals surface area contributed by atoms with Gasteiger partial charge >= 0.3 is 0 Å². The van der Waals surface area contributed by atoms with Crippen LogP contribution in [0.1, 0.15) is 63.1 Å². The third kappa shape index (κ3) is 3.60. The van der Waals surface area contributed by atoms with Crippen LogP contribution in [0.25, 0.3) is 0 Å². The van der Waals surface area contributed by atoms with E-state index in [-0.39, 0.29) is 17.5 Å². The van der Waals surface area contributed by atoms with Crippen LogP contribution in [0.2, 0.25) is 0 Å². The average molecular weight is 279 g/mol. The first-order valence-electron chi connectivity index (χ1n) is 7.45. The maximum Gasteiger partial charge on any atom is 0.222 e. The van der Waals surface area contributed by atoms with Gasteiger partial charge in [0.15, 0.2) is 0 Å². The van der Waals surface area contributed by atoms with Crippen LogP contribution in [0.4, 0.5) is 0 Å². The van der Waals surface area contributed by atoms with Gasteiger partial charge in [0.2, 0.25) is 11.8 Å². The minimum Gasteiger partial charge on any atom is -0.444 e. The SMILES string of the molecule is CNC1(CC(=O)NC(C)c2ncc(C)o2)CCCCC1. The van der Waals surface area contributed by atoms with Gasteiger partial charge in [-0.3, -0.25) is 4.79 Å². The van der Waals surface area contributed by atoms with Crippen molar-refractivity contribution in [2.24, 2.45) is 0 Å². The highest BCUT2D eigenvalue weighted by molar-refractivity contribution is 5.77. The lowest BCUT2D eigenvalue weighted by Crippen LogP contribution is -2.48. The zero-order chi connectivity index (χ0) is 14.6. The van der Waals surface area contributed by atoms with Crippen molar-refractivity contribution in [3.63, 3.8) is 0 Å². The lowest BCUT2D eigenvalue weighted by molar-refractivity contribution is -0.123. The van der Waals surface area contributed by atoms with Gasteiger partial charge in [0.25, 0.3) is 0 Å². The predicted octanol–water partition coefficient (Wildman–Crippen LogP) is 2.47. The Balaban J connectivity index is 1.91. The number of nitrogens with one attached hydrogen (secondary N) is 2. The first-order chi connectivity index (χ1) is 9.54. The van der Waals surface area contributed by atoms with Crippen LogP contribution < -0.4 is 10.6 Å². The second kappa shape index (κ2) is 6.39. The van der Waals surface area contributed by atoms with E-state index in [0.29, 0.717) is 12.3 Å². The summed E-state index contributed by atoms with van der Waals surface area (Å²) >= 11 is 0. The van der Waals surface area contributed by atoms with Crippen LogP contribution in [0, 0.1) is 6.92 Å². The molecule has 2 N–H and O–H groups in total. The highest BCUT2D eigenvalue weighted by atomic mass is 16.4. The van der Waals surface area contributed by atoms with Crippen molar-refractivity contribution in [3.05, 3.63) is 17.8 Å². The summed E-state index contributed by atoms with van der Waals surface area (Å²) in [6.07, 6.45) is 8.01. The van der Waals surface area contributed by atoms with Gasteiger partial charge in [-0.2, -0.15) is 0 Å². The van der Waals surface area contributed by atoms with Gasteiger partial charge in [-0.05, 0) is 33.7 Å². The zero-order valence-electron chi connectivity index (χ0n) is 12.7. The molecule has 20 heavy (non-hydrogen) atoms. The van der Waals surface area contributed by atoms with Gasteiger partial charge in [-0.25, -0.2) is 4.98 Å². The zero-order valence-corrected chi connectivity index (χ0v) is 12.7. The number of oxazole rings is 1. The molecule has 1 saturated carbocycles. The van der Waals surface area contributed by atoms with Crippen LogP contribution >= 0.6 is 0 Å². The number of hydrogen-bond donors (Lipinski definition) is 2. The fourth-order valence-electron chi connectivity index (χ4n) is 2.98. The highest BCUT2D eigenvalue weighted by Gasteiger charge is 2.33. The molecule has 1 amide bonds. The minimum atomic E-state index is -0.186. The summed E-state index contributed by atoms with van der Waals surface area (Å²) in [5.74, 6) is 1.39. The highest BCUT2D eigenvalue weighted by Crippen LogP contribution is 2.30. The number of carbonyl (C=O) groups excluding carboxylic acids is 1. The lowest BCUT2D eigenvalue weighted by atomic mass is 9.79. The third-order valence-electron chi connectivity index (χ3n) is 4.23. The van der Waals surface area contributed by atoms with E-state index in [9.17, 15) is 4.79 Å². The number of nitrogens with zero attached hydrogens (tertiary/aromatic N) is 1. The molecule has 5 nitrogen and oxygen atoms in total. The Hall–Kier alpha value is -1.36. The molecule has 0 saturated heterocycles. The molecule has 1 aliphatic carbocycles. The molecule has 1 unspecified atom stereocenters. The van der Waals surface area contributed by atoms with E-state index < -0.39 is 0 Å². The molecule has 1 fully saturated rings. The van der Waals surface area contributed by atoms with Crippen LogP contribution in [0.15, 0.2) is 10.6 Å². The molecular formula is C15H25N3O2. The Kier molecular flexibility index (Phi) is 4.81. The Morgan fingerprint density at radius 2 is 2.15 bits per heavy atom. The van der Waals surface area contributed by atoms with Gasteiger partial charge in [0, 0.05) is 12.0 Å². The van der Waals surface area contributed by atoms with Crippen molar-refractivity contribution in [2.45, 2.75) is 64.0 Å². The largest absolute Gasteiger partial charge is 0.444 e. The minimum absolute atomic E-state index is 0.0332. The van der Waals surface area contributed by atoms with E-state index in [1.165, 1.54) is 19.3 Å². The smallest absolute Gasteiger partial charge is 0.222 e. The maximum atomic E-state index is 12.2. The molecule has 1 heterocycles. The molecule has 112 valence electrons. The first kappa shape index (κ1) is 15.0. The molecule has 1 aliphatic rings. The van der Waals surface area contributed by atoms with Crippen molar-refractivity contribution in [2.75, 3.05) is 7.05 Å². The number of aromatic nitrogens is 1. The van der Waals surface area contributed by atoms with Gasteiger partial charge < -0.3 is 15.1 Å². The quantitative estimate of drug-likeness (QED) is 0.869. The van der Waals surface area contributed by atoms with Crippen molar-refractivity contribution in [1.82, 2.24) is 15.6 Å². The van der Waals surface area contributed by atoms with Crippen molar-refractivity contribution in [3.8, 4) is 0 Å². The molecule has 0 radical (unpaired) electrons. The molecule has 0 spiro atoms. The lowest BCUT2D eigenvalue weighted by Gasteiger charge is -2.36. The molecule has 2 rings (SSSR count). The second-order valence-electron chi connectivity index (χ2n) is 5.87. The Labute approximate surface area is 120 Å². The van der Waals surface area contributed by atoms with Crippen molar-refractivity contribution in [1.29, 1.82) is 0 Å². The summed E-state index contributed by atoms with van der Waals surface area (Å²) in [6.45, 7) is 3.75.